The lowest BCUT2D eigenvalue weighted by Crippen LogP contribution is -2.12. The third-order valence-corrected chi connectivity index (χ3v) is 3.13. The van der Waals surface area contributed by atoms with Crippen molar-refractivity contribution in [1.82, 2.24) is 0 Å². The Balaban J connectivity index is 2.20. The van der Waals surface area contributed by atoms with Crippen LogP contribution in [0.5, 0.6) is 0 Å². The zero-order valence-corrected chi connectivity index (χ0v) is 11.1. The molecule has 1 N–H and O–H groups in total. The Morgan fingerprint density at radius 3 is 2.59 bits per heavy atom. The molecule has 2 aromatic rings. The minimum atomic E-state index is -0.167. The molecule has 0 aromatic heterocycles. The second-order valence-corrected chi connectivity index (χ2v) is 4.74. The van der Waals surface area contributed by atoms with E-state index in [0.717, 1.165) is 4.47 Å². The highest BCUT2D eigenvalue weighted by molar-refractivity contribution is 9.10. The Hall–Kier alpha value is -1.32. The Morgan fingerprint density at radius 2 is 1.88 bits per heavy atom. The van der Waals surface area contributed by atoms with E-state index in [2.05, 4.69) is 21.2 Å². The van der Waals surface area contributed by atoms with E-state index in [1.165, 1.54) is 0 Å². The predicted octanol–water partition coefficient (Wildman–Crippen LogP) is 4.35. The fraction of sp³-hybridized carbons (Fsp3) is 0. The molecule has 0 saturated carbocycles. The van der Waals surface area contributed by atoms with Crippen molar-refractivity contribution in [3.05, 3.63) is 63.6 Å². The smallest absolute Gasteiger partial charge is 0.256 e. The molecule has 0 saturated heterocycles. The van der Waals surface area contributed by atoms with Gasteiger partial charge in [0.05, 0.1) is 5.56 Å². The van der Waals surface area contributed by atoms with Gasteiger partial charge in [0.25, 0.3) is 5.91 Å². The van der Waals surface area contributed by atoms with Gasteiger partial charge < -0.3 is 5.32 Å². The number of hydrogen-bond donors (Lipinski definition) is 1. The zero-order chi connectivity index (χ0) is 12.3. The predicted molar refractivity (Wildman–Crippen MR) is 73.5 cm³/mol. The second-order valence-electron chi connectivity index (χ2n) is 3.44. The molecule has 0 aliphatic rings. The molecule has 86 valence electrons. The van der Waals surface area contributed by atoms with Crippen LogP contribution in [0.1, 0.15) is 10.4 Å². The molecule has 0 aliphatic carbocycles. The van der Waals surface area contributed by atoms with Gasteiger partial charge >= 0.3 is 0 Å². The minimum absolute atomic E-state index is 0.167. The molecule has 2 rings (SSSR count). The average Bonchev–Trinajstić information content (AvgIpc) is 2.29. The van der Waals surface area contributed by atoms with Gasteiger partial charge in [0.15, 0.2) is 0 Å². The number of rotatable bonds is 2. The third kappa shape index (κ3) is 3.08. The Bertz CT molecular complexity index is 557. The molecule has 4 heteroatoms. The first kappa shape index (κ1) is 12.1. The number of carbonyl (C=O) groups excluding carboxylic acids is 1. The van der Waals surface area contributed by atoms with Gasteiger partial charge in [0.1, 0.15) is 0 Å². The summed E-state index contributed by atoms with van der Waals surface area (Å²) >= 11 is 9.18. The molecule has 0 bridgehead atoms. The summed E-state index contributed by atoms with van der Waals surface area (Å²) in [5.41, 5.74) is 1.27. The van der Waals surface area contributed by atoms with Gasteiger partial charge in [-0.05, 0) is 46.3 Å². The van der Waals surface area contributed by atoms with Gasteiger partial charge in [-0.3, -0.25) is 4.79 Å². The van der Waals surface area contributed by atoms with Crippen molar-refractivity contribution in [2.45, 2.75) is 0 Å². The molecule has 0 spiro atoms. The zero-order valence-electron chi connectivity index (χ0n) is 8.78. The van der Waals surface area contributed by atoms with E-state index in [0.29, 0.717) is 16.3 Å². The molecule has 0 aliphatic heterocycles. The van der Waals surface area contributed by atoms with Crippen LogP contribution in [-0.4, -0.2) is 5.91 Å². The van der Waals surface area contributed by atoms with Crippen molar-refractivity contribution >= 4 is 39.1 Å². The maximum absolute atomic E-state index is 12.0. The second kappa shape index (κ2) is 5.34. The standard InChI is InChI=1S/C13H9BrClNO/c14-12-7-2-1-6-11(12)13(17)16-10-5-3-4-9(15)8-10/h1-8H,(H,16,17). The van der Waals surface area contributed by atoms with Crippen LogP contribution in [0.25, 0.3) is 0 Å². The monoisotopic (exact) mass is 309 g/mol. The van der Waals surface area contributed by atoms with Crippen molar-refractivity contribution in [1.29, 1.82) is 0 Å². The quantitative estimate of drug-likeness (QED) is 0.877. The van der Waals surface area contributed by atoms with Gasteiger partial charge in [-0.2, -0.15) is 0 Å². The van der Waals surface area contributed by atoms with E-state index in [1.54, 1.807) is 30.3 Å². The summed E-state index contributed by atoms with van der Waals surface area (Å²) in [6.07, 6.45) is 0. The summed E-state index contributed by atoms with van der Waals surface area (Å²) in [4.78, 5) is 12.0. The number of nitrogens with one attached hydrogen (secondary N) is 1. The lowest BCUT2D eigenvalue weighted by atomic mass is 10.2. The van der Waals surface area contributed by atoms with Crippen molar-refractivity contribution in [2.24, 2.45) is 0 Å². The summed E-state index contributed by atoms with van der Waals surface area (Å²) in [6, 6.07) is 14.3. The fourth-order valence-corrected chi connectivity index (χ4v) is 2.07. The van der Waals surface area contributed by atoms with E-state index in [9.17, 15) is 4.79 Å². The van der Waals surface area contributed by atoms with Crippen molar-refractivity contribution in [2.75, 3.05) is 5.32 Å². The molecule has 0 unspecified atom stereocenters. The first-order valence-corrected chi connectivity index (χ1v) is 6.15. The molecular weight excluding hydrogens is 302 g/mol. The van der Waals surface area contributed by atoms with Crippen LogP contribution in [0.15, 0.2) is 53.0 Å². The number of amides is 1. The average molecular weight is 311 g/mol. The normalized spacial score (nSPS) is 10.0. The van der Waals surface area contributed by atoms with Crippen LogP contribution in [0, 0.1) is 0 Å². The van der Waals surface area contributed by atoms with Gasteiger partial charge in [0, 0.05) is 15.2 Å². The fourth-order valence-electron chi connectivity index (χ4n) is 1.41. The highest BCUT2D eigenvalue weighted by atomic mass is 79.9. The largest absolute Gasteiger partial charge is 0.322 e. The molecule has 0 radical (unpaired) electrons. The lowest BCUT2D eigenvalue weighted by Gasteiger charge is -2.06. The number of carbonyl (C=O) groups is 1. The highest BCUT2D eigenvalue weighted by Gasteiger charge is 2.09. The van der Waals surface area contributed by atoms with E-state index in [-0.39, 0.29) is 5.91 Å². The molecule has 0 heterocycles. The molecule has 2 aromatic carbocycles. The van der Waals surface area contributed by atoms with Gasteiger partial charge in [0.2, 0.25) is 0 Å². The maximum Gasteiger partial charge on any atom is 0.256 e. The van der Waals surface area contributed by atoms with Gasteiger partial charge in [-0.25, -0.2) is 0 Å². The van der Waals surface area contributed by atoms with E-state index < -0.39 is 0 Å². The molecule has 0 fully saturated rings. The molecular formula is C13H9BrClNO. The van der Waals surface area contributed by atoms with Gasteiger partial charge in [-0.1, -0.05) is 29.8 Å². The maximum atomic E-state index is 12.0. The summed E-state index contributed by atoms with van der Waals surface area (Å²) in [5.74, 6) is -0.167. The topological polar surface area (TPSA) is 29.1 Å². The Kier molecular flexibility index (Phi) is 3.82. The van der Waals surface area contributed by atoms with E-state index >= 15 is 0 Å². The summed E-state index contributed by atoms with van der Waals surface area (Å²) < 4.78 is 0.763. The summed E-state index contributed by atoms with van der Waals surface area (Å²) in [6.45, 7) is 0. The van der Waals surface area contributed by atoms with Crippen molar-refractivity contribution in [3.8, 4) is 0 Å². The Morgan fingerprint density at radius 1 is 1.12 bits per heavy atom. The molecule has 1 amide bonds. The lowest BCUT2D eigenvalue weighted by molar-refractivity contribution is 0.102. The third-order valence-electron chi connectivity index (χ3n) is 2.20. The highest BCUT2D eigenvalue weighted by Crippen LogP contribution is 2.19. The van der Waals surface area contributed by atoms with Gasteiger partial charge in [-0.15, -0.1) is 0 Å². The SMILES string of the molecule is O=C(Nc1cccc(Cl)c1)c1ccccc1Br. The van der Waals surface area contributed by atoms with Crippen LogP contribution in [0.2, 0.25) is 5.02 Å². The summed E-state index contributed by atoms with van der Waals surface area (Å²) in [5, 5.41) is 3.38. The first-order valence-electron chi connectivity index (χ1n) is 4.98. The van der Waals surface area contributed by atoms with E-state index in [4.69, 9.17) is 11.6 Å². The number of hydrogen-bond acceptors (Lipinski definition) is 1. The number of halogens is 2. The molecule has 17 heavy (non-hydrogen) atoms. The number of benzene rings is 2. The Labute approximate surface area is 113 Å². The van der Waals surface area contributed by atoms with Crippen LogP contribution in [-0.2, 0) is 0 Å². The van der Waals surface area contributed by atoms with Crippen molar-refractivity contribution < 1.29 is 4.79 Å². The van der Waals surface area contributed by atoms with E-state index in [1.807, 2.05) is 18.2 Å². The van der Waals surface area contributed by atoms with Crippen LogP contribution in [0.3, 0.4) is 0 Å². The first-order chi connectivity index (χ1) is 8.16. The van der Waals surface area contributed by atoms with Crippen LogP contribution >= 0.6 is 27.5 Å². The molecule has 2 nitrogen and oxygen atoms in total. The minimum Gasteiger partial charge on any atom is -0.322 e. The van der Waals surface area contributed by atoms with Crippen LogP contribution < -0.4 is 5.32 Å². The molecule has 0 atom stereocenters. The number of anilines is 1. The van der Waals surface area contributed by atoms with Crippen LogP contribution in [0.4, 0.5) is 5.69 Å². The summed E-state index contributed by atoms with van der Waals surface area (Å²) in [7, 11) is 0. The van der Waals surface area contributed by atoms with Crippen molar-refractivity contribution in [3.63, 3.8) is 0 Å².